The fourth-order valence-corrected chi connectivity index (χ4v) is 1.38. The summed E-state index contributed by atoms with van der Waals surface area (Å²) in [5.41, 5.74) is 2.91. The molecule has 0 heterocycles. The fourth-order valence-electron chi connectivity index (χ4n) is 1.38. The number of nitrogens with one attached hydrogen (secondary N) is 1. The quantitative estimate of drug-likeness (QED) is 0.843. The summed E-state index contributed by atoms with van der Waals surface area (Å²) in [4.78, 5) is 11.8. The third kappa shape index (κ3) is 3.09. The van der Waals surface area contributed by atoms with Crippen molar-refractivity contribution in [3.63, 3.8) is 0 Å². The molecule has 0 saturated heterocycles. The smallest absolute Gasteiger partial charge is 0.251 e. The number of carbonyl (C=O) groups excluding carboxylic acids is 1. The first-order chi connectivity index (χ1) is 7.54. The molecule has 1 atom stereocenters. The maximum Gasteiger partial charge on any atom is 0.251 e. The lowest BCUT2D eigenvalue weighted by Crippen LogP contribution is -2.32. The fraction of sp³-hybridized carbons (Fsp3) is 0.385. The molecule has 84 valence electrons. The van der Waals surface area contributed by atoms with Crippen LogP contribution in [0.1, 0.15) is 34.8 Å². The number of hydrogen-bond donors (Lipinski definition) is 1. The van der Waals surface area contributed by atoms with E-state index in [1.807, 2.05) is 39.0 Å². The van der Waals surface area contributed by atoms with Crippen LogP contribution in [0.4, 0.5) is 0 Å². The van der Waals surface area contributed by atoms with Gasteiger partial charge in [0.15, 0.2) is 0 Å². The normalized spacial score (nSPS) is 11.6. The van der Waals surface area contributed by atoms with Gasteiger partial charge in [-0.25, -0.2) is 0 Å². The van der Waals surface area contributed by atoms with Crippen LogP contribution < -0.4 is 5.32 Å². The molecule has 16 heavy (non-hydrogen) atoms. The van der Waals surface area contributed by atoms with E-state index in [9.17, 15) is 4.79 Å². The first kappa shape index (κ1) is 12.3. The Kier molecular flexibility index (Phi) is 4.07. The number of rotatable bonds is 3. The van der Waals surface area contributed by atoms with Crippen molar-refractivity contribution in [3.8, 4) is 6.07 Å². The lowest BCUT2D eigenvalue weighted by atomic mass is 10.1. The highest BCUT2D eigenvalue weighted by atomic mass is 16.1. The number of nitrogens with zero attached hydrogens (tertiary/aromatic N) is 1. The molecule has 1 aromatic rings. The second kappa shape index (κ2) is 5.32. The van der Waals surface area contributed by atoms with Crippen molar-refractivity contribution < 1.29 is 4.79 Å². The Bertz CT molecular complexity index is 432. The Labute approximate surface area is 96.1 Å². The molecule has 0 aromatic heterocycles. The zero-order valence-corrected chi connectivity index (χ0v) is 9.87. The van der Waals surface area contributed by atoms with Gasteiger partial charge in [-0.3, -0.25) is 4.79 Å². The predicted molar refractivity (Wildman–Crippen MR) is 63.1 cm³/mol. The van der Waals surface area contributed by atoms with Gasteiger partial charge in [0.05, 0.1) is 12.5 Å². The van der Waals surface area contributed by atoms with Crippen molar-refractivity contribution in [3.05, 3.63) is 34.9 Å². The molecular formula is C13H16N2O. The molecule has 0 saturated carbocycles. The number of hydrogen-bond acceptors (Lipinski definition) is 2. The Morgan fingerprint density at radius 3 is 2.69 bits per heavy atom. The van der Waals surface area contributed by atoms with Crippen molar-refractivity contribution in [1.82, 2.24) is 5.32 Å². The van der Waals surface area contributed by atoms with Gasteiger partial charge in [0.1, 0.15) is 0 Å². The Morgan fingerprint density at radius 2 is 2.12 bits per heavy atom. The molecule has 0 spiro atoms. The molecule has 3 heteroatoms. The number of aryl methyl sites for hydroxylation is 2. The summed E-state index contributed by atoms with van der Waals surface area (Å²) in [6, 6.07) is 7.52. The van der Waals surface area contributed by atoms with E-state index >= 15 is 0 Å². The Balaban J connectivity index is 2.74. The molecule has 0 radical (unpaired) electrons. The predicted octanol–water partition coefficient (Wildman–Crippen LogP) is 2.34. The van der Waals surface area contributed by atoms with Crippen LogP contribution in [0, 0.1) is 25.2 Å². The van der Waals surface area contributed by atoms with Crippen LogP contribution >= 0.6 is 0 Å². The van der Waals surface area contributed by atoms with Crippen LogP contribution in [-0.4, -0.2) is 11.9 Å². The Morgan fingerprint density at radius 1 is 1.44 bits per heavy atom. The van der Waals surface area contributed by atoms with Gasteiger partial charge in [-0.05, 0) is 44.0 Å². The van der Waals surface area contributed by atoms with Gasteiger partial charge in [0.25, 0.3) is 5.91 Å². The van der Waals surface area contributed by atoms with Crippen LogP contribution in [0.2, 0.25) is 0 Å². The van der Waals surface area contributed by atoms with Crippen molar-refractivity contribution in [2.24, 2.45) is 0 Å². The average molecular weight is 216 g/mol. The monoisotopic (exact) mass is 216 g/mol. The number of carbonyl (C=O) groups is 1. The van der Waals surface area contributed by atoms with E-state index in [0.29, 0.717) is 12.0 Å². The summed E-state index contributed by atoms with van der Waals surface area (Å²) in [7, 11) is 0. The first-order valence-corrected chi connectivity index (χ1v) is 5.29. The maximum atomic E-state index is 11.8. The first-order valence-electron chi connectivity index (χ1n) is 5.29. The molecule has 0 fully saturated rings. The van der Waals surface area contributed by atoms with Crippen LogP contribution in [0.3, 0.4) is 0 Å². The summed E-state index contributed by atoms with van der Waals surface area (Å²) in [6.45, 7) is 5.81. The van der Waals surface area contributed by atoms with E-state index in [-0.39, 0.29) is 11.9 Å². The zero-order valence-electron chi connectivity index (χ0n) is 9.87. The van der Waals surface area contributed by atoms with E-state index in [1.165, 1.54) is 5.56 Å². The standard InChI is InChI=1S/C13H16N2O/c1-9-4-5-12(8-10(9)2)13(16)15-11(3)6-7-14/h4-5,8,11H,6H2,1-3H3,(H,15,16). The van der Waals surface area contributed by atoms with Crippen molar-refractivity contribution >= 4 is 5.91 Å². The molecule has 1 rings (SSSR count). The highest BCUT2D eigenvalue weighted by Crippen LogP contribution is 2.09. The van der Waals surface area contributed by atoms with Gasteiger partial charge in [-0.2, -0.15) is 5.26 Å². The maximum absolute atomic E-state index is 11.8. The topological polar surface area (TPSA) is 52.9 Å². The van der Waals surface area contributed by atoms with E-state index in [2.05, 4.69) is 5.32 Å². The molecule has 1 aromatic carbocycles. The highest BCUT2D eigenvalue weighted by molar-refractivity contribution is 5.94. The molecule has 0 aliphatic carbocycles. The molecule has 0 aliphatic rings. The minimum Gasteiger partial charge on any atom is -0.349 e. The summed E-state index contributed by atoms with van der Waals surface area (Å²) in [5, 5.41) is 11.3. The Hall–Kier alpha value is -1.82. The lowest BCUT2D eigenvalue weighted by molar-refractivity contribution is 0.0940. The van der Waals surface area contributed by atoms with Crippen molar-refractivity contribution in [2.45, 2.75) is 33.2 Å². The van der Waals surface area contributed by atoms with Gasteiger partial charge in [0.2, 0.25) is 0 Å². The molecule has 1 amide bonds. The third-order valence-electron chi connectivity index (χ3n) is 2.54. The summed E-state index contributed by atoms with van der Waals surface area (Å²) >= 11 is 0. The second-order valence-corrected chi connectivity index (χ2v) is 4.04. The van der Waals surface area contributed by atoms with Crippen molar-refractivity contribution in [1.29, 1.82) is 5.26 Å². The highest BCUT2D eigenvalue weighted by Gasteiger charge is 2.09. The molecule has 1 unspecified atom stereocenters. The minimum atomic E-state index is -0.120. The lowest BCUT2D eigenvalue weighted by Gasteiger charge is -2.11. The number of nitriles is 1. The zero-order chi connectivity index (χ0) is 12.1. The van der Waals surface area contributed by atoms with E-state index in [1.54, 1.807) is 6.07 Å². The van der Waals surface area contributed by atoms with E-state index in [0.717, 1.165) is 5.56 Å². The average Bonchev–Trinajstić information content (AvgIpc) is 2.22. The molecule has 3 nitrogen and oxygen atoms in total. The molecule has 0 aliphatic heterocycles. The molecule has 1 N–H and O–H groups in total. The summed E-state index contributed by atoms with van der Waals surface area (Å²) < 4.78 is 0. The SMILES string of the molecule is Cc1ccc(C(=O)NC(C)CC#N)cc1C. The third-order valence-corrected chi connectivity index (χ3v) is 2.54. The second-order valence-electron chi connectivity index (χ2n) is 4.04. The molecule has 0 bridgehead atoms. The number of amides is 1. The van der Waals surface area contributed by atoms with Crippen LogP contribution in [0.25, 0.3) is 0 Å². The van der Waals surface area contributed by atoms with Gasteiger partial charge < -0.3 is 5.32 Å². The van der Waals surface area contributed by atoms with Gasteiger partial charge in [-0.15, -0.1) is 0 Å². The molecular weight excluding hydrogens is 200 g/mol. The van der Waals surface area contributed by atoms with Crippen molar-refractivity contribution in [2.75, 3.05) is 0 Å². The van der Waals surface area contributed by atoms with Gasteiger partial charge in [-0.1, -0.05) is 6.07 Å². The van der Waals surface area contributed by atoms with Crippen LogP contribution in [-0.2, 0) is 0 Å². The summed E-state index contributed by atoms with van der Waals surface area (Å²) in [6.07, 6.45) is 0.330. The number of benzene rings is 1. The minimum absolute atomic E-state index is 0.112. The van der Waals surface area contributed by atoms with Crippen LogP contribution in [0.5, 0.6) is 0 Å². The van der Waals surface area contributed by atoms with E-state index in [4.69, 9.17) is 5.26 Å². The summed E-state index contributed by atoms with van der Waals surface area (Å²) in [5.74, 6) is -0.120. The van der Waals surface area contributed by atoms with E-state index < -0.39 is 0 Å². The van der Waals surface area contributed by atoms with Gasteiger partial charge >= 0.3 is 0 Å². The largest absolute Gasteiger partial charge is 0.349 e. The van der Waals surface area contributed by atoms with Gasteiger partial charge in [0, 0.05) is 11.6 Å². The van der Waals surface area contributed by atoms with Crippen LogP contribution in [0.15, 0.2) is 18.2 Å².